The number of aliphatic hydroxyl groups is 1. The number of rotatable bonds is 3. The summed E-state index contributed by atoms with van der Waals surface area (Å²) in [5.41, 5.74) is -1.49. The van der Waals surface area contributed by atoms with Gasteiger partial charge in [-0.15, -0.1) is 0 Å². The normalized spacial score (nSPS) is 11.4. The van der Waals surface area contributed by atoms with Crippen molar-refractivity contribution < 1.29 is 23.1 Å². The highest BCUT2D eigenvalue weighted by molar-refractivity contribution is 5.94. The van der Waals surface area contributed by atoms with E-state index in [4.69, 9.17) is 0 Å². The van der Waals surface area contributed by atoms with E-state index in [1.54, 1.807) is 0 Å². The molecular weight excluding hydrogens is 235 g/mol. The lowest BCUT2D eigenvalue weighted by atomic mass is 10.1. The van der Waals surface area contributed by atoms with Crippen LogP contribution in [0.5, 0.6) is 0 Å². The van der Waals surface area contributed by atoms with Crippen molar-refractivity contribution in [2.75, 3.05) is 6.54 Å². The SMILES string of the molecule is CC(C)(O)CNC(=O)c1cc(F)c(F)c(F)c1. The van der Waals surface area contributed by atoms with Crippen molar-refractivity contribution in [3.05, 3.63) is 35.1 Å². The van der Waals surface area contributed by atoms with E-state index in [-0.39, 0.29) is 12.1 Å². The summed E-state index contributed by atoms with van der Waals surface area (Å²) >= 11 is 0. The highest BCUT2D eigenvalue weighted by atomic mass is 19.2. The maximum absolute atomic E-state index is 12.8. The van der Waals surface area contributed by atoms with Crippen molar-refractivity contribution in [3.8, 4) is 0 Å². The van der Waals surface area contributed by atoms with E-state index in [9.17, 15) is 23.1 Å². The number of benzene rings is 1. The van der Waals surface area contributed by atoms with Gasteiger partial charge in [0, 0.05) is 12.1 Å². The minimum atomic E-state index is -1.62. The van der Waals surface area contributed by atoms with E-state index < -0.39 is 29.0 Å². The van der Waals surface area contributed by atoms with E-state index in [0.717, 1.165) is 0 Å². The zero-order chi connectivity index (χ0) is 13.2. The molecule has 0 saturated carbocycles. The van der Waals surface area contributed by atoms with Crippen LogP contribution < -0.4 is 5.32 Å². The van der Waals surface area contributed by atoms with Gasteiger partial charge in [0.1, 0.15) is 0 Å². The Morgan fingerprint density at radius 1 is 1.29 bits per heavy atom. The molecule has 0 spiro atoms. The minimum absolute atomic E-state index is 0.0908. The second-order valence-corrected chi connectivity index (χ2v) is 4.25. The van der Waals surface area contributed by atoms with Crippen LogP contribution in [0.25, 0.3) is 0 Å². The van der Waals surface area contributed by atoms with Crippen molar-refractivity contribution in [2.24, 2.45) is 0 Å². The summed E-state index contributed by atoms with van der Waals surface area (Å²) in [5.74, 6) is -5.27. The smallest absolute Gasteiger partial charge is 0.251 e. The fourth-order valence-corrected chi connectivity index (χ4v) is 1.09. The predicted molar refractivity (Wildman–Crippen MR) is 54.9 cm³/mol. The molecule has 17 heavy (non-hydrogen) atoms. The van der Waals surface area contributed by atoms with E-state index in [2.05, 4.69) is 5.32 Å². The molecular formula is C11H12F3NO2. The van der Waals surface area contributed by atoms with Crippen LogP contribution in [0.1, 0.15) is 24.2 Å². The quantitative estimate of drug-likeness (QED) is 0.797. The monoisotopic (exact) mass is 247 g/mol. The second-order valence-electron chi connectivity index (χ2n) is 4.25. The van der Waals surface area contributed by atoms with Crippen molar-refractivity contribution >= 4 is 5.91 Å². The lowest BCUT2D eigenvalue weighted by Crippen LogP contribution is -2.38. The number of amides is 1. The predicted octanol–water partition coefficient (Wildman–Crippen LogP) is 1.60. The number of hydrogen-bond donors (Lipinski definition) is 2. The lowest BCUT2D eigenvalue weighted by Gasteiger charge is -2.17. The van der Waals surface area contributed by atoms with Crippen LogP contribution in [-0.2, 0) is 0 Å². The Labute approximate surface area is 96.3 Å². The number of carbonyl (C=O) groups excluding carboxylic acids is 1. The van der Waals surface area contributed by atoms with Gasteiger partial charge in [0.25, 0.3) is 5.91 Å². The molecule has 6 heteroatoms. The molecule has 2 N–H and O–H groups in total. The first kappa shape index (κ1) is 13.5. The van der Waals surface area contributed by atoms with Gasteiger partial charge < -0.3 is 10.4 Å². The van der Waals surface area contributed by atoms with Gasteiger partial charge in [-0.05, 0) is 26.0 Å². The largest absolute Gasteiger partial charge is 0.389 e. The molecule has 0 aromatic heterocycles. The van der Waals surface area contributed by atoms with Gasteiger partial charge in [-0.2, -0.15) is 0 Å². The van der Waals surface area contributed by atoms with Crippen LogP contribution in [0.2, 0.25) is 0 Å². The average Bonchev–Trinajstić information content (AvgIpc) is 2.20. The number of hydrogen-bond acceptors (Lipinski definition) is 2. The zero-order valence-electron chi connectivity index (χ0n) is 9.35. The molecule has 0 fully saturated rings. The van der Waals surface area contributed by atoms with Crippen molar-refractivity contribution in [1.82, 2.24) is 5.32 Å². The van der Waals surface area contributed by atoms with E-state index in [1.165, 1.54) is 13.8 Å². The third-order valence-corrected chi connectivity index (χ3v) is 1.93. The molecule has 1 rings (SSSR count). The Morgan fingerprint density at radius 3 is 2.18 bits per heavy atom. The third kappa shape index (κ3) is 3.74. The fourth-order valence-electron chi connectivity index (χ4n) is 1.09. The highest BCUT2D eigenvalue weighted by Crippen LogP contribution is 2.13. The Balaban J connectivity index is 2.84. The topological polar surface area (TPSA) is 49.3 Å². The summed E-state index contributed by atoms with van der Waals surface area (Å²) in [7, 11) is 0. The summed E-state index contributed by atoms with van der Waals surface area (Å²) in [5, 5.41) is 11.6. The van der Waals surface area contributed by atoms with Gasteiger partial charge in [-0.25, -0.2) is 13.2 Å². The van der Waals surface area contributed by atoms with Gasteiger partial charge in [-0.1, -0.05) is 0 Å². The molecule has 0 unspecified atom stereocenters. The van der Waals surface area contributed by atoms with Crippen molar-refractivity contribution in [1.29, 1.82) is 0 Å². The molecule has 0 saturated heterocycles. The molecule has 94 valence electrons. The van der Waals surface area contributed by atoms with Crippen LogP contribution in [0.15, 0.2) is 12.1 Å². The number of nitrogens with one attached hydrogen (secondary N) is 1. The van der Waals surface area contributed by atoms with Crippen molar-refractivity contribution in [2.45, 2.75) is 19.4 Å². The first-order chi connectivity index (χ1) is 7.70. The highest BCUT2D eigenvalue weighted by Gasteiger charge is 2.18. The maximum atomic E-state index is 12.8. The summed E-state index contributed by atoms with van der Waals surface area (Å²) in [6.45, 7) is 2.82. The molecule has 1 amide bonds. The third-order valence-electron chi connectivity index (χ3n) is 1.93. The first-order valence-corrected chi connectivity index (χ1v) is 4.86. The van der Waals surface area contributed by atoms with Crippen LogP contribution in [0, 0.1) is 17.5 Å². The van der Waals surface area contributed by atoms with E-state index >= 15 is 0 Å². The fraction of sp³-hybridized carbons (Fsp3) is 0.364. The van der Waals surface area contributed by atoms with Crippen molar-refractivity contribution in [3.63, 3.8) is 0 Å². The Morgan fingerprint density at radius 2 is 1.76 bits per heavy atom. The standard InChI is InChI=1S/C11H12F3NO2/c1-11(2,17)5-15-10(16)6-3-7(12)9(14)8(13)4-6/h3-4,17H,5H2,1-2H3,(H,15,16). The van der Waals surface area contributed by atoms with Gasteiger partial charge in [0.15, 0.2) is 17.5 Å². The summed E-state index contributed by atoms with van der Waals surface area (Å²) in [6.07, 6.45) is 0. The van der Waals surface area contributed by atoms with E-state index in [0.29, 0.717) is 12.1 Å². The van der Waals surface area contributed by atoms with E-state index in [1.807, 2.05) is 0 Å². The maximum Gasteiger partial charge on any atom is 0.251 e. The van der Waals surface area contributed by atoms with Gasteiger partial charge >= 0.3 is 0 Å². The molecule has 0 aliphatic carbocycles. The first-order valence-electron chi connectivity index (χ1n) is 4.86. The minimum Gasteiger partial charge on any atom is -0.389 e. The zero-order valence-corrected chi connectivity index (χ0v) is 9.35. The Kier molecular flexibility index (Phi) is 3.77. The molecule has 3 nitrogen and oxygen atoms in total. The van der Waals surface area contributed by atoms with Crippen LogP contribution in [0.4, 0.5) is 13.2 Å². The van der Waals surface area contributed by atoms with Crippen LogP contribution in [-0.4, -0.2) is 23.2 Å². The summed E-state index contributed by atoms with van der Waals surface area (Å²) in [4.78, 5) is 11.4. The molecule has 1 aromatic rings. The molecule has 0 aliphatic heterocycles. The molecule has 0 bridgehead atoms. The van der Waals surface area contributed by atoms with Crippen LogP contribution >= 0.6 is 0 Å². The Hall–Kier alpha value is -1.56. The number of carbonyl (C=O) groups is 1. The molecule has 0 atom stereocenters. The van der Waals surface area contributed by atoms with Gasteiger partial charge in [0.2, 0.25) is 0 Å². The molecule has 0 radical (unpaired) electrons. The second kappa shape index (κ2) is 4.75. The number of halogens is 3. The molecule has 0 aliphatic rings. The van der Waals surface area contributed by atoms with Crippen LogP contribution in [0.3, 0.4) is 0 Å². The van der Waals surface area contributed by atoms with Gasteiger partial charge in [0.05, 0.1) is 5.60 Å². The summed E-state index contributed by atoms with van der Waals surface area (Å²) in [6, 6.07) is 1.19. The molecule has 1 aromatic carbocycles. The summed E-state index contributed by atoms with van der Waals surface area (Å²) < 4.78 is 38.3. The Bertz CT molecular complexity index is 418. The van der Waals surface area contributed by atoms with Gasteiger partial charge in [-0.3, -0.25) is 4.79 Å². The lowest BCUT2D eigenvalue weighted by molar-refractivity contribution is 0.0694. The molecule has 0 heterocycles. The average molecular weight is 247 g/mol.